The fourth-order valence-corrected chi connectivity index (χ4v) is 1.82. The lowest BCUT2D eigenvalue weighted by molar-refractivity contribution is -0.119. The van der Waals surface area contributed by atoms with Gasteiger partial charge in [-0.25, -0.2) is 4.98 Å². The average Bonchev–Trinajstić information content (AvgIpc) is 2.47. The van der Waals surface area contributed by atoms with E-state index in [1.807, 2.05) is 25.1 Å². The van der Waals surface area contributed by atoms with Crippen molar-refractivity contribution >= 4 is 23.2 Å². The number of primary amides is 1. The first-order chi connectivity index (χ1) is 10.0. The van der Waals surface area contributed by atoms with Gasteiger partial charge < -0.3 is 15.8 Å². The Kier molecular flexibility index (Phi) is 5.00. The van der Waals surface area contributed by atoms with E-state index < -0.39 is 5.91 Å². The first-order valence-corrected chi connectivity index (χ1v) is 6.78. The van der Waals surface area contributed by atoms with E-state index in [2.05, 4.69) is 10.3 Å². The van der Waals surface area contributed by atoms with Gasteiger partial charge in [-0.15, -0.1) is 0 Å². The van der Waals surface area contributed by atoms with Crippen LogP contribution in [0.25, 0.3) is 0 Å². The number of nitrogens with two attached hydrogens (primary N) is 1. The molecule has 1 aromatic carbocycles. The van der Waals surface area contributed by atoms with Crippen LogP contribution in [0.3, 0.4) is 0 Å². The minimum absolute atomic E-state index is 0.118. The van der Waals surface area contributed by atoms with Crippen LogP contribution in [0, 0.1) is 6.92 Å². The third kappa shape index (κ3) is 4.65. The molecule has 6 heteroatoms. The SMILES string of the molecule is Cc1cc(NCc2ccc(OCC(N)=O)cc2)cnc1Cl. The van der Waals surface area contributed by atoms with Crippen molar-refractivity contribution in [2.24, 2.45) is 5.73 Å². The molecule has 3 N–H and O–H groups in total. The van der Waals surface area contributed by atoms with Crippen molar-refractivity contribution < 1.29 is 9.53 Å². The molecule has 0 bridgehead atoms. The Balaban J connectivity index is 1.91. The molecule has 110 valence electrons. The Labute approximate surface area is 128 Å². The zero-order valence-corrected chi connectivity index (χ0v) is 12.4. The van der Waals surface area contributed by atoms with E-state index >= 15 is 0 Å². The number of nitrogens with one attached hydrogen (secondary N) is 1. The number of nitrogens with zero attached hydrogens (tertiary/aromatic N) is 1. The van der Waals surface area contributed by atoms with Crippen LogP contribution in [0.2, 0.25) is 5.15 Å². The molecule has 1 aromatic heterocycles. The van der Waals surface area contributed by atoms with Gasteiger partial charge in [0, 0.05) is 6.54 Å². The zero-order chi connectivity index (χ0) is 15.2. The van der Waals surface area contributed by atoms with Crippen molar-refractivity contribution in [1.82, 2.24) is 4.98 Å². The van der Waals surface area contributed by atoms with Crippen LogP contribution in [-0.4, -0.2) is 17.5 Å². The van der Waals surface area contributed by atoms with Gasteiger partial charge in [0.1, 0.15) is 10.9 Å². The summed E-state index contributed by atoms with van der Waals surface area (Å²) in [7, 11) is 0. The summed E-state index contributed by atoms with van der Waals surface area (Å²) in [6.07, 6.45) is 1.69. The normalized spacial score (nSPS) is 10.2. The summed E-state index contributed by atoms with van der Waals surface area (Å²) in [5.74, 6) is 0.118. The van der Waals surface area contributed by atoms with Crippen molar-refractivity contribution in [3.8, 4) is 5.75 Å². The van der Waals surface area contributed by atoms with Crippen LogP contribution in [0.4, 0.5) is 5.69 Å². The van der Waals surface area contributed by atoms with Gasteiger partial charge in [-0.05, 0) is 36.2 Å². The van der Waals surface area contributed by atoms with Gasteiger partial charge in [-0.3, -0.25) is 4.79 Å². The lowest BCUT2D eigenvalue weighted by atomic mass is 10.2. The number of pyridine rings is 1. The summed E-state index contributed by atoms with van der Waals surface area (Å²) in [6, 6.07) is 9.37. The summed E-state index contributed by atoms with van der Waals surface area (Å²) in [5, 5.41) is 3.77. The van der Waals surface area contributed by atoms with Gasteiger partial charge in [-0.1, -0.05) is 23.7 Å². The Morgan fingerprint density at radius 2 is 2.10 bits per heavy atom. The number of hydrogen-bond acceptors (Lipinski definition) is 4. The molecule has 1 amide bonds. The molecule has 0 aliphatic rings. The Bertz CT molecular complexity index is 629. The third-order valence-electron chi connectivity index (χ3n) is 2.82. The van der Waals surface area contributed by atoms with Crippen molar-refractivity contribution in [2.45, 2.75) is 13.5 Å². The van der Waals surface area contributed by atoms with E-state index in [4.69, 9.17) is 22.1 Å². The zero-order valence-electron chi connectivity index (χ0n) is 11.6. The fraction of sp³-hybridized carbons (Fsp3) is 0.200. The van der Waals surface area contributed by atoms with E-state index in [1.165, 1.54) is 0 Å². The topological polar surface area (TPSA) is 77.2 Å². The van der Waals surface area contributed by atoms with E-state index in [-0.39, 0.29) is 6.61 Å². The highest BCUT2D eigenvalue weighted by Crippen LogP contribution is 2.17. The summed E-state index contributed by atoms with van der Waals surface area (Å²) in [6.45, 7) is 2.44. The molecule has 0 saturated heterocycles. The van der Waals surface area contributed by atoms with Crippen molar-refractivity contribution in [3.05, 3.63) is 52.8 Å². The molecule has 0 saturated carbocycles. The molecule has 0 atom stereocenters. The number of rotatable bonds is 6. The minimum Gasteiger partial charge on any atom is -0.484 e. The molecule has 1 heterocycles. The summed E-state index contributed by atoms with van der Waals surface area (Å²) in [5.41, 5.74) is 7.93. The molecule has 2 aromatic rings. The molecule has 5 nitrogen and oxygen atoms in total. The largest absolute Gasteiger partial charge is 0.484 e. The first kappa shape index (κ1) is 15.1. The Morgan fingerprint density at radius 1 is 1.38 bits per heavy atom. The number of carbonyl (C=O) groups is 1. The Morgan fingerprint density at radius 3 is 2.71 bits per heavy atom. The molecule has 0 aliphatic carbocycles. The number of carbonyl (C=O) groups excluding carboxylic acids is 1. The molecular weight excluding hydrogens is 290 g/mol. The maximum atomic E-state index is 10.6. The summed E-state index contributed by atoms with van der Waals surface area (Å²) in [4.78, 5) is 14.7. The number of aryl methyl sites for hydroxylation is 1. The van der Waals surface area contributed by atoms with Gasteiger partial charge >= 0.3 is 0 Å². The second kappa shape index (κ2) is 6.95. The number of benzene rings is 1. The van der Waals surface area contributed by atoms with Gasteiger partial charge in [0.05, 0.1) is 11.9 Å². The van der Waals surface area contributed by atoms with Crippen LogP contribution in [0.15, 0.2) is 36.5 Å². The van der Waals surface area contributed by atoms with Crippen molar-refractivity contribution in [1.29, 1.82) is 0 Å². The highest BCUT2D eigenvalue weighted by molar-refractivity contribution is 6.30. The molecule has 0 aliphatic heterocycles. The number of aromatic nitrogens is 1. The van der Waals surface area contributed by atoms with Crippen LogP contribution in [-0.2, 0) is 11.3 Å². The molecule has 0 unspecified atom stereocenters. The van der Waals surface area contributed by atoms with Gasteiger partial charge in [0.2, 0.25) is 0 Å². The van der Waals surface area contributed by atoms with Crippen LogP contribution in [0.1, 0.15) is 11.1 Å². The van der Waals surface area contributed by atoms with Crippen LogP contribution >= 0.6 is 11.6 Å². The lowest BCUT2D eigenvalue weighted by Gasteiger charge is -2.09. The predicted molar refractivity (Wildman–Crippen MR) is 82.4 cm³/mol. The number of halogens is 1. The monoisotopic (exact) mass is 305 g/mol. The molecule has 0 radical (unpaired) electrons. The van der Waals surface area contributed by atoms with Crippen molar-refractivity contribution in [3.63, 3.8) is 0 Å². The number of anilines is 1. The minimum atomic E-state index is -0.494. The van der Waals surface area contributed by atoms with E-state index in [0.717, 1.165) is 16.8 Å². The van der Waals surface area contributed by atoms with Crippen molar-refractivity contribution in [2.75, 3.05) is 11.9 Å². The highest BCUT2D eigenvalue weighted by atomic mass is 35.5. The summed E-state index contributed by atoms with van der Waals surface area (Å²) >= 11 is 5.88. The van der Waals surface area contributed by atoms with Gasteiger partial charge in [0.15, 0.2) is 6.61 Å². The second-order valence-electron chi connectivity index (χ2n) is 4.58. The number of ether oxygens (including phenoxy) is 1. The van der Waals surface area contributed by atoms with E-state index in [1.54, 1.807) is 18.3 Å². The van der Waals surface area contributed by atoms with E-state index in [0.29, 0.717) is 17.4 Å². The highest BCUT2D eigenvalue weighted by Gasteiger charge is 2.01. The van der Waals surface area contributed by atoms with Gasteiger partial charge in [-0.2, -0.15) is 0 Å². The molecule has 0 spiro atoms. The molecule has 2 rings (SSSR count). The predicted octanol–water partition coefficient (Wildman–Crippen LogP) is 2.52. The Hall–Kier alpha value is -2.27. The van der Waals surface area contributed by atoms with E-state index in [9.17, 15) is 4.79 Å². The quantitative estimate of drug-likeness (QED) is 0.804. The fourth-order valence-electron chi connectivity index (χ4n) is 1.72. The smallest absolute Gasteiger partial charge is 0.255 e. The second-order valence-corrected chi connectivity index (χ2v) is 4.94. The molecular formula is C15H16ClN3O2. The summed E-state index contributed by atoms with van der Waals surface area (Å²) < 4.78 is 5.19. The van der Waals surface area contributed by atoms with Crippen LogP contribution < -0.4 is 15.8 Å². The average molecular weight is 306 g/mol. The third-order valence-corrected chi connectivity index (χ3v) is 3.21. The molecule has 0 fully saturated rings. The lowest BCUT2D eigenvalue weighted by Crippen LogP contribution is -2.19. The maximum Gasteiger partial charge on any atom is 0.255 e. The number of hydrogen-bond donors (Lipinski definition) is 2. The first-order valence-electron chi connectivity index (χ1n) is 6.40. The standard InChI is InChI=1S/C15H16ClN3O2/c1-10-6-12(8-19-15(10)16)18-7-11-2-4-13(5-3-11)21-9-14(17)20/h2-6,8,18H,7,9H2,1H3,(H2,17,20). The number of amides is 1. The van der Waals surface area contributed by atoms with Gasteiger partial charge in [0.25, 0.3) is 5.91 Å². The maximum absolute atomic E-state index is 10.6. The van der Waals surface area contributed by atoms with Crippen LogP contribution in [0.5, 0.6) is 5.75 Å². The molecule has 21 heavy (non-hydrogen) atoms.